The zero-order valence-electron chi connectivity index (χ0n) is 14.5. The standard InChI is InChI=1S/C20H22N4OS/c21-12-16-3-1-2-10-24(16)19(25)14-6-4-13(5-7-14)15-8-9-18-17(11-15)23-20(22)26-18/h4-9,11,16H,1-3,10,12,21H2,(H2,22,23)/t16-/m1/s1. The minimum atomic E-state index is 0.0782. The molecule has 1 fully saturated rings. The van der Waals surface area contributed by atoms with Crippen molar-refractivity contribution in [3.05, 3.63) is 48.0 Å². The van der Waals surface area contributed by atoms with Crippen LogP contribution in [0.15, 0.2) is 42.5 Å². The van der Waals surface area contributed by atoms with Crippen LogP contribution >= 0.6 is 11.3 Å². The summed E-state index contributed by atoms with van der Waals surface area (Å²) in [5.41, 5.74) is 15.4. The molecule has 1 aromatic heterocycles. The quantitative estimate of drug-likeness (QED) is 0.743. The fraction of sp³-hybridized carbons (Fsp3) is 0.300. The van der Waals surface area contributed by atoms with E-state index in [1.165, 1.54) is 11.3 Å². The number of amides is 1. The maximum Gasteiger partial charge on any atom is 0.254 e. The molecular weight excluding hydrogens is 344 g/mol. The second kappa shape index (κ2) is 7.05. The first-order valence-corrected chi connectivity index (χ1v) is 9.75. The lowest BCUT2D eigenvalue weighted by molar-refractivity contribution is 0.0623. The van der Waals surface area contributed by atoms with E-state index in [1.54, 1.807) is 0 Å². The summed E-state index contributed by atoms with van der Waals surface area (Å²) in [4.78, 5) is 19.1. The van der Waals surface area contributed by atoms with Crippen LogP contribution in [0.3, 0.4) is 0 Å². The van der Waals surface area contributed by atoms with Crippen LogP contribution in [0.5, 0.6) is 0 Å². The lowest BCUT2D eigenvalue weighted by atomic mass is 9.99. The Morgan fingerprint density at radius 1 is 1.15 bits per heavy atom. The van der Waals surface area contributed by atoms with Gasteiger partial charge in [-0.15, -0.1) is 0 Å². The number of nitrogens with two attached hydrogens (primary N) is 2. The van der Waals surface area contributed by atoms with Crippen molar-refractivity contribution >= 4 is 32.6 Å². The lowest BCUT2D eigenvalue weighted by Gasteiger charge is -2.35. The van der Waals surface area contributed by atoms with Crippen molar-refractivity contribution in [3.63, 3.8) is 0 Å². The van der Waals surface area contributed by atoms with Gasteiger partial charge in [-0.05, 0) is 54.7 Å². The normalized spacial score (nSPS) is 17.6. The molecule has 2 aromatic carbocycles. The number of piperidine rings is 1. The molecule has 1 aliphatic rings. The molecule has 134 valence electrons. The van der Waals surface area contributed by atoms with Gasteiger partial charge < -0.3 is 16.4 Å². The fourth-order valence-corrected chi connectivity index (χ4v) is 4.32. The average molecular weight is 366 g/mol. The molecule has 26 heavy (non-hydrogen) atoms. The second-order valence-electron chi connectivity index (χ2n) is 6.70. The van der Waals surface area contributed by atoms with Gasteiger partial charge in [0.1, 0.15) is 0 Å². The third-order valence-corrected chi connectivity index (χ3v) is 5.89. The van der Waals surface area contributed by atoms with Gasteiger partial charge in [-0.2, -0.15) is 0 Å². The number of rotatable bonds is 3. The molecule has 1 saturated heterocycles. The van der Waals surface area contributed by atoms with E-state index >= 15 is 0 Å². The molecule has 0 unspecified atom stereocenters. The number of fused-ring (bicyclic) bond motifs is 1. The number of carbonyl (C=O) groups excluding carboxylic acids is 1. The predicted molar refractivity (Wildman–Crippen MR) is 107 cm³/mol. The van der Waals surface area contributed by atoms with Gasteiger partial charge in [0, 0.05) is 24.7 Å². The highest BCUT2D eigenvalue weighted by Crippen LogP contribution is 2.29. The molecule has 5 nitrogen and oxygen atoms in total. The van der Waals surface area contributed by atoms with Gasteiger partial charge in [0.05, 0.1) is 10.2 Å². The van der Waals surface area contributed by atoms with E-state index in [0.717, 1.165) is 47.2 Å². The van der Waals surface area contributed by atoms with E-state index in [2.05, 4.69) is 11.1 Å². The molecule has 2 heterocycles. The van der Waals surface area contributed by atoms with Gasteiger partial charge >= 0.3 is 0 Å². The minimum Gasteiger partial charge on any atom is -0.375 e. The van der Waals surface area contributed by atoms with Crippen molar-refractivity contribution in [2.24, 2.45) is 5.73 Å². The number of aromatic nitrogens is 1. The Morgan fingerprint density at radius 2 is 1.92 bits per heavy atom. The van der Waals surface area contributed by atoms with Crippen molar-refractivity contribution in [1.29, 1.82) is 0 Å². The summed E-state index contributed by atoms with van der Waals surface area (Å²) in [5, 5.41) is 0.578. The highest BCUT2D eigenvalue weighted by Gasteiger charge is 2.26. The number of likely N-dealkylation sites (tertiary alicyclic amines) is 1. The highest BCUT2D eigenvalue weighted by molar-refractivity contribution is 7.22. The Hall–Kier alpha value is -2.44. The molecule has 0 bridgehead atoms. The summed E-state index contributed by atoms with van der Waals surface area (Å²) in [6.07, 6.45) is 3.20. The van der Waals surface area contributed by atoms with Crippen molar-refractivity contribution in [1.82, 2.24) is 9.88 Å². The molecule has 0 aliphatic carbocycles. The van der Waals surface area contributed by atoms with Crippen LogP contribution in [-0.4, -0.2) is 34.9 Å². The molecule has 6 heteroatoms. The summed E-state index contributed by atoms with van der Waals surface area (Å²) in [6.45, 7) is 1.32. The van der Waals surface area contributed by atoms with Gasteiger partial charge in [0.25, 0.3) is 5.91 Å². The Kier molecular flexibility index (Phi) is 4.61. The van der Waals surface area contributed by atoms with Crippen molar-refractivity contribution in [2.75, 3.05) is 18.8 Å². The Balaban J connectivity index is 1.58. The number of thiazole rings is 1. The molecule has 4 N–H and O–H groups in total. The summed E-state index contributed by atoms with van der Waals surface area (Å²) < 4.78 is 1.08. The van der Waals surface area contributed by atoms with Gasteiger partial charge in [0.15, 0.2) is 5.13 Å². The van der Waals surface area contributed by atoms with Crippen molar-refractivity contribution in [3.8, 4) is 11.1 Å². The van der Waals surface area contributed by atoms with Crippen LogP contribution in [0.25, 0.3) is 21.3 Å². The summed E-state index contributed by atoms with van der Waals surface area (Å²) >= 11 is 1.49. The third-order valence-electron chi connectivity index (χ3n) is 5.03. The molecule has 1 atom stereocenters. The van der Waals surface area contributed by atoms with Crippen LogP contribution in [0, 0.1) is 0 Å². The number of hydrogen-bond acceptors (Lipinski definition) is 5. The topological polar surface area (TPSA) is 85.2 Å². The minimum absolute atomic E-state index is 0.0782. The first kappa shape index (κ1) is 17.0. The maximum atomic E-state index is 12.8. The molecule has 1 aliphatic heterocycles. The van der Waals surface area contributed by atoms with Crippen molar-refractivity contribution in [2.45, 2.75) is 25.3 Å². The van der Waals surface area contributed by atoms with E-state index in [0.29, 0.717) is 17.2 Å². The molecular formula is C20H22N4OS. The molecule has 0 spiro atoms. The largest absolute Gasteiger partial charge is 0.375 e. The Morgan fingerprint density at radius 3 is 2.69 bits per heavy atom. The monoisotopic (exact) mass is 366 g/mol. The van der Waals surface area contributed by atoms with Crippen LogP contribution in [0.1, 0.15) is 29.6 Å². The smallest absolute Gasteiger partial charge is 0.254 e. The van der Waals surface area contributed by atoms with Gasteiger partial charge in [-0.3, -0.25) is 4.79 Å². The number of hydrogen-bond donors (Lipinski definition) is 2. The Labute approximate surface area is 156 Å². The van der Waals surface area contributed by atoms with Crippen molar-refractivity contribution < 1.29 is 4.79 Å². The zero-order chi connectivity index (χ0) is 18.1. The van der Waals surface area contributed by atoms with Gasteiger partial charge in [0.2, 0.25) is 0 Å². The number of benzene rings is 2. The molecule has 1 amide bonds. The first-order valence-electron chi connectivity index (χ1n) is 8.93. The average Bonchev–Trinajstić information content (AvgIpc) is 3.06. The van der Waals surface area contributed by atoms with Gasteiger partial charge in [-0.25, -0.2) is 4.98 Å². The molecule has 0 radical (unpaired) electrons. The van der Waals surface area contributed by atoms with Gasteiger partial charge in [-0.1, -0.05) is 29.5 Å². The number of carbonyl (C=O) groups is 1. The van der Waals surface area contributed by atoms with E-state index in [1.807, 2.05) is 41.3 Å². The SMILES string of the molecule is NC[C@H]1CCCCN1C(=O)c1ccc(-c2ccc3sc(N)nc3c2)cc1. The van der Waals surface area contributed by atoms with Crippen LogP contribution in [0.2, 0.25) is 0 Å². The van der Waals surface area contributed by atoms with Crippen LogP contribution in [-0.2, 0) is 0 Å². The maximum absolute atomic E-state index is 12.8. The number of anilines is 1. The van der Waals surface area contributed by atoms with Crippen LogP contribution < -0.4 is 11.5 Å². The second-order valence-corrected chi connectivity index (χ2v) is 7.76. The summed E-state index contributed by atoms with van der Waals surface area (Å²) in [7, 11) is 0. The third kappa shape index (κ3) is 3.18. The van der Waals surface area contributed by atoms with E-state index in [9.17, 15) is 4.79 Å². The van der Waals surface area contributed by atoms with E-state index in [-0.39, 0.29) is 11.9 Å². The zero-order valence-corrected chi connectivity index (χ0v) is 15.3. The lowest BCUT2D eigenvalue weighted by Crippen LogP contribution is -2.47. The molecule has 0 saturated carbocycles. The summed E-state index contributed by atoms with van der Waals surface area (Å²) in [6, 6.07) is 14.1. The molecule has 4 rings (SSSR count). The predicted octanol–water partition coefficient (Wildman–Crippen LogP) is 3.50. The number of nitrogen functional groups attached to an aromatic ring is 1. The Bertz CT molecular complexity index is 935. The van der Waals surface area contributed by atoms with E-state index < -0.39 is 0 Å². The molecule has 3 aromatic rings. The highest BCUT2D eigenvalue weighted by atomic mass is 32.1. The summed E-state index contributed by atoms with van der Waals surface area (Å²) in [5.74, 6) is 0.0782. The van der Waals surface area contributed by atoms with E-state index in [4.69, 9.17) is 11.5 Å². The number of nitrogens with zero attached hydrogens (tertiary/aromatic N) is 2. The first-order chi connectivity index (χ1) is 12.7. The fourth-order valence-electron chi connectivity index (χ4n) is 3.61. The van der Waals surface area contributed by atoms with Crippen LogP contribution in [0.4, 0.5) is 5.13 Å².